The molecule has 1 amide bonds. The van der Waals surface area contributed by atoms with Crippen LogP contribution in [0.1, 0.15) is 48.5 Å². The van der Waals surface area contributed by atoms with Gasteiger partial charge in [0.25, 0.3) is 5.91 Å². The summed E-state index contributed by atoms with van der Waals surface area (Å²) in [4.78, 5) is 100. The van der Waals surface area contributed by atoms with E-state index in [0.717, 1.165) is 48.5 Å². The molecule has 0 aromatic carbocycles. The molecule has 1 N–H and O–H groups in total. The summed E-state index contributed by atoms with van der Waals surface area (Å²) in [6, 6.07) is 0. The highest BCUT2D eigenvalue weighted by atomic mass is 16.7. The molecule has 0 aliphatic carbocycles. The Labute approximate surface area is 266 Å². The molecule has 0 bridgehead atoms. The van der Waals surface area contributed by atoms with Crippen LogP contribution in [-0.4, -0.2) is 116 Å². The van der Waals surface area contributed by atoms with Crippen molar-refractivity contribution in [2.75, 3.05) is 6.61 Å². The van der Waals surface area contributed by atoms with E-state index in [4.69, 9.17) is 48.2 Å². The normalized spacial score (nSPS) is 29.8. The SMILES string of the molecule is CC(=O)OC[C@H]1O[C@@H](NC(=O)[C@H]2O[C@H](N=[N+]=[N-])[C@H](OC(C)=O)[C@@H](OC(C)=O)[C@@H]2OC(C)=O)[C@H](OC(C)=O)[C@@H](OC(C)=O)[C@@H]1OC(C)=O. The van der Waals surface area contributed by atoms with Gasteiger partial charge in [0, 0.05) is 53.4 Å². The molecule has 10 atom stereocenters. The first-order valence-corrected chi connectivity index (χ1v) is 13.8. The number of hydrogen-bond acceptors (Lipinski definition) is 18. The average molecular weight is 675 g/mol. The van der Waals surface area contributed by atoms with Gasteiger partial charge in [-0.15, -0.1) is 0 Å². The number of carbonyl (C=O) groups excluding carboxylic acids is 8. The molecule has 0 radical (unpaired) electrons. The van der Waals surface area contributed by atoms with Crippen LogP contribution in [0, 0.1) is 0 Å². The van der Waals surface area contributed by atoms with Crippen LogP contribution in [0.3, 0.4) is 0 Å². The Kier molecular flexibility index (Phi) is 13.9. The van der Waals surface area contributed by atoms with E-state index >= 15 is 0 Å². The van der Waals surface area contributed by atoms with Crippen LogP contribution in [-0.2, 0) is 81.0 Å². The molecular formula is C26H34N4O17. The molecule has 2 heterocycles. The second-order valence-corrected chi connectivity index (χ2v) is 10.0. The second-order valence-electron chi connectivity index (χ2n) is 10.0. The number of nitrogens with zero attached hydrogens (tertiary/aromatic N) is 3. The zero-order valence-corrected chi connectivity index (χ0v) is 26.3. The molecule has 0 spiro atoms. The monoisotopic (exact) mass is 674 g/mol. The van der Waals surface area contributed by atoms with Crippen molar-refractivity contribution in [1.82, 2.24) is 5.32 Å². The van der Waals surface area contributed by atoms with Crippen molar-refractivity contribution in [3.8, 4) is 0 Å². The minimum Gasteiger partial charge on any atom is -0.463 e. The molecule has 2 aliphatic heterocycles. The highest BCUT2D eigenvalue weighted by molar-refractivity contribution is 5.83. The number of rotatable bonds is 11. The standard InChI is InChI=1S/C26H34N4O17/c1-9(31)39-8-16-17(40-10(2)32)18(41-11(3)33)22(44-14(6)36)25(46-16)28-24(38)21-19(42-12(4)34)20(43-13(5)35)23(45-15(7)37)26(47-21)29-30-27/h16-23,25-26H,8H2,1-7H3,(H,28,38)/t16-,17-,18+,19+,20+,21+,22-,23-,25-,26+/m1/s1. The second kappa shape index (κ2) is 17.1. The molecule has 2 rings (SSSR count). The van der Waals surface area contributed by atoms with E-state index < -0.39 is 116 Å². The van der Waals surface area contributed by atoms with E-state index in [1.165, 1.54) is 0 Å². The molecule has 260 valence electrons. The Bertz CT molecular complexity index is 1300. The minimum atomic E-state index is -2.00. The number of amides is 1. The Morgan fingerprint density at radius 2 is 1.02 bits per heavy atom. The van der Waals surface area contributed by atoms with Gasteiger partial charge < -0.3 is 47.9 Å². The zero-order valence-electron chi connectivity index (χ0n) is 26.3. The molecule has 0 unspecified atom stereocenters. The fourth-order valence-electron chi connectivity index (χ4n) is 4.71. The van der Waals surface area contributed by atoms with Crippen molar-refractivity contribution >= 4 is 47.7 Å². The summed E-state index contributed by atoms with van der Waals surface area (Å²) in [6.45, 7) is 6.30. The number of carbonyl (C=O) groups is 8. The van der Waals surface area contributed by atoms with E-state index in [2.05, 4.69) is 15.3 Å². The molecule has 0 aromatic heterocycles. The van der Waals surface area contributed by atoms with E-state index in [0.29, 0.717) is 0 Å². The average Bonchev–Trinajstić information content (AvgIpc) is 2.92. The van der Waals surface area contributed by atoms with Crippen LogP contribution >= 0.6 is 0 Å². The molecular weight excluding hydrogens is 640 g/mol. The van der Waals surface area contributed by atoms with E-state index in [9.17, 15) is 38.4 Å². The number of hydrogen-bond donors (Lipinski definition) is 1. The molecule has 21 nitrogen and oxygen atoms in total. The van der Waals surface area contributed by atoms with Gasteiger partial charge in [0.05, 0.1) is 0 Å². The summed E-state index contributed by atoms with van der Waals surface area (Å²) < 4.78 is 47.9. The van der Waals surface area contributed by atoms with Crippen LogP contribution in [0.5, 0.6) is 0 Å². The number of azide groups is 1. The first-order chi connectivity index (χ1) is 21.9. The molecule has 21 heteroatoms. The summed E-state index contributed by atoms with van der Waals surface area (Å²) in [7, 11) is 0. The smallest absolute Gasteiger partial charge is 0.303 e. The lowest BCUT2D eigenvalue weighted by atomic mass is 9.95. The molecule has 2 fully saturated rings. The third kappa shape index (κ3) is 11.1. The molecule has 47 heavy (non-hydrogen) atoms. The first kappa shape index (κ1) is 38.2. The van der Waals surface area contributed by atoms with Crippen LogP contribution in [0.2, 0.25) is 0 Å². The van der Waals surface area contributed by atoms with Crippen molar-refractivity contribution in [1.29, 1.82) is 0 Å². The largest absolute Gasteiger partial charge is 0.463 e. The Morgan fingerprint density at radius 3 is 1.49 bits per heavy atom. The van der Waals surface area contributed by atoms with Gasteiger partial charge in [-0.1, -0.05) is 5.11 Å². The van der Waals surface area contributed by atoms with E-state index in [-0.39, 0.29) is 0 Å². The quantitative estimate of drug-likeness (QED) is 0.0905. The molecule has 2 saturated heterocycles. The van der Waals surface area contributed by atoms with Gasteiger partial charge >= 0.3 is 41.8 Å². The fraction of sp³-hybridized carbons (Fsp3) is 0.692. The number of ether oxygens (including phenoxy) is 9. The maximum Gasteiger partial charge on any atom is 0.303 e. The maximum absolute atomic E-state index is 13.9. The van der Waals surface area contributed by atoms with Crippen LogP contribution < -0.4 is 5.32 Å². The zero-order chi connectivity index (χ0) is 35.6. The Balaban J connectivity index is 2.64. The van der Waals surface area contributed by atoms with Gasteiger partial charge in [0.1, 0.15) is 12.7 Å². The van der Waals surface area contributed by atoms with Crippen LogP contribution in [0.25, 0.3) is 10.4 Å². The van der Waals surface area contributed by atoms with E-state index in [1.54, 1.807) is 0 Å². The van der Waals surface area contributed by atoms with Gasteiger partial charge in [-0.2, -0.15) is 0 Å². The predicted octanol–water partition coefficient (Wildman–Crippen LogP) is -0.984. The highest BCUT2D eigenvalue weighted by Crippen LogP contribution is 2.32. The number of nitrogens with one attached hydrogen (secondary N) is 1. The molecule has 0 saturated carbocycles. The summed E-state index contributed by atoms with van der Waals surface area (Å²) >= 11 is 0. The number of esters is 7. The van der Waals surface area contributed by atoms with Gasteiger partial charge in [0.2, 0.25) is 0 Å². The van der Waals surface area contributed by atoms with Crippen molar-refractivity contribution in [3.05, 3.63) is 10.4 Å². The van der Waals surface area contributed by atoms with Crippen molar-refractivity contribution < 1.29 is 81.0 Å². The lowest BCUT2D eigenvalue weighted by Crippen LogP contribution is -2.69. The third-order valence-corrected chi connectivity index (χ3v) is 6.12. The van der Waals surface area contributed by atoms with Gasteiger partial charge in [-0.05, 0) is 5.53 Å². The molecule has 0 aromatic rings. The van der Waals surface area contributed by atoms with Crippen molar-refractivity contribution in [3.63, 3.8) is 0 Å². The van der Waals surface area contributed by atoms with Gasteiger partial charge in [-0.3, -0.25) is 38.4 Å². The molecule has 2 aliphatic rings. The fourth-order valence-corrected chi connectivity index (χ4v) is 4.71. The minimum absolute atomic E-state index is 0.613. The van der Waals surface area contributed by atoms with Crippen LogP contribution in [0.4, 0.5) is 0 Å². The van der Waals surface area contributed by atoms with Crippen molar-refractivity contribution in [2.45, 2.75) is 110 Å². The highest BCUT2D eigenvalue weighted by Gasteiger charge is 2.57. The summed E-state index contributed by atoms with van der Waals surface area (Å²) in [5.74, 6) is -7.77. The van der Waals surface area contributed by atoms with Gasteiger partial charge in [-0.25, -0.2) is 0 Å². The Morgan fingerprint density at radius 1 is 0.596 bits per heavy atom. The Hall–Kier alpha value is -5.01. The maximum atomic E-state index is 13.9. The predicted molar refractivity (Wildman–Crippen MR) is 145 cm³/mol. The van der Waals surface area contributed by atoms with E-state index in [1.807, 2.05) is 0 Å². The topological polar surface area (TPSA) is 280 Å². The van der Waals surface area contributed by atoms with Crippen LogP contribution in [0.15, 0.2) is 5.11 Å². The van der Waals surface area contributed by atoms with Crippen molar-refractivity contribution in [2.24, 2.45) is 5.11 Å². The first-order valence-electron chi connectivity index (χ1n) is 13.8. The third-order valence-electron chi connectivity index (χ3n) is 6.12. The van der Waals surface area contributed by atoms with Gasteiger partial charge in [0.15, 0.2) is 55.2 Å². The lowest BCUT2D eigenvalue weighted by molar-refractivity contribution is -0.261. The summed E-state index contributed by atoms with van der Waals surface area (Å²) in [5.41, 5.74) is 9.12. The lowest BCUT2D eigenvalue weighted by Gasteiger charge is -2.46. The summed E-state index contributed by atoms with van der Waals surface area (Å²) in [6.07, 6.45) is -17.3. The summed E-state index contributed by atoms with van der Waals surface area (Å²) in [5, 5.41) is 5.70.